The highest BCUT2D eigenvalue weighted by molar-refractivity contribution is 6.30. The van der Waals surface area contributed by atoms with E-state index in [1.165, 1.54) is 0 Å². The molecule has 106 valence electrons. The summed E-state index contributed by atoms with van der Waals surface area (Å²) in [6.07, 6.45) is 0. The van der Waals surface area contributed by atoms with E-state index >= 15 is 0 Å². The fourth-order valence-corrected chi connectivity index (χ4v) is 1.73. The van der Waals surface area contributed by atoms with E-state index in [4.69, 9.17) is 22.1 Å². The number of nitrogens with one attached hydrogen (secondary N) is 1. The van der Waals surface area contributed by atoms with Gasteiger partial charge in [-0.25, -0.2) is 0 Å². The van der Waals surface area contributed by atoms with Crippen LogP contribution in [-0.2, 0) is 11.3 Å². The van der Waals surface area contributed by atoms with Gasteiger partial charge in [0.1, 0.15) is 5.75 Å². The molecular formula is C14H21ClN2O2. The molecule has 1 aromatic rings. The van der Waals surface area contributed by atoms with Crippen molar-refractivity contribution in [2.24, 2.45) is 11.7 Å². The van der Waals surface area contributed by atoms with Gasteiger partial charge in [0.25, 0.3) is 0 Å². The molecule has 19 heavy (non-hydrogen) atoms. The third-order valence-corrected chi connectivity index (χ3v) is 3.04. The minimum atomic E-state index is -0.497. The summed E-state index contributed by atoms with van der Waals surface area (Å²) in [5, 5.41) is 3.42. The Labute approximate surface area is 119 Å². The first-order valence-electron chi connectivity index (χ1n) is 6.40. The van der Waals surface area contributed by atoms with E-state index in [2.05, 4.69) is 5.32 Å². The zero-order valence-electron chi connectivity index (χ0n) is 11.6. The Kier molecular flexibility index (Phi) is 6.12. The summed E-state index contributed by atoms with van der Waals surface area (Å²) in [5.74, 6) is 0.636. The van der Waals surface area contributed by atoms with Gasteiger partial charge >= 0.3 is 0 Å². The molecule has 0 aliphatic heterocycles. The van der Waals surface area contributed by atoms with Crippen molar-refractivity contribution in [2.45, 2.75) is 33.4 Å². The average molecular weight is 285 g/mol. The van der Waals surface area contributed by atoms with E-state index in [0.717, 1.165) is 5.56 Å². The number of carbonyl (C=O) groups is 1. The largest absolute Gasteiger partial charge is 0.493 e. The number of hydrogen-bond acceptors (Lipinski definition) is 3. The second kappa shape index (κ2) is 7.36. The lowest BCUT2D eigenvalue weighted by molar-refractivity contribution is -0.123. The Bertz CT molecular complexity index is 435. The molecule has 5 heteroatoms. The first-order chi connectivity index (χ1) is 8.95. The minimum absolute atomic E-state index is 0.108. The van der Waals surface area contributed by atoms with E-state index in [1.54, 1.807) is 12.1 Å². The molecule has 0 fully saturated rings. The molecule has 1 aromatic carbocycles. The van der Waals surface area contributed by atoms with E-state index in [9.17, 15) is 4.79 Å². The number of ether oxygens (including phenoxy) is 1. The minimum Gasteiger partial charge on any atom is -0.493 e. The molecule has 0 unspecified atom stereocenters. The number of hydrogen-bond donors (Lipinski definition) is 2. The SMILES string of the molecule is CCOc1cc(Cl)ccc1CNC(=O)[C@@H](N)C(C)C. The van der Waals surface area contributed by atoms with Gasteiger partial charge < -0.3 is 15.8 Å². The lowest BCUT2D eigenvalue weighted by atomic mass is 10.0. The van der Waals surface area contributed by atoms with Crippen LogP contribution in [0.1, 0.15) is 26.3 Å². The van der Waals surface area contributed by atoms with Gasteiger partial charge in [-0.05, 0) is 25.0 Å². The molecule has 4 nitrogen and oxygen atoms in total. The van der Waals surface area contributed by atoms with Gasteiger partial charge in [0.05, 0.1) is 12.6 Å². The lowest BCUT2D eigenvalue weighted by Crippen LogP contribution is -2.43. The highest BCUT2D eigenvalue weighted by Gasteiger charge is 2.17. The van der Waals surface area contributed by atoms with Gasteiger partial charge in [0, 0.05) is 17.1 Å². The normalized spacial score (nSPS) is 12.3. The zero-order valence-corrected chi connectivity index (χ0v) is 12.3. The number of benzene rings is 1. The maximum atomic E-state index is 11.8. The molecule has 3 N–H and O–H groups in total. The van der Waals surface area contributed by atoms with Crippen molar-refractivity contribution in [2.75, 3.05) is 6.61 Å². The summed E-state index contributed by atoms with van der Waals surface area (Å²) in [5.41, 5.74) is 6.67. The monoisotopic (exact) mass is 284 g/mol. The van der Waals surface area contributed by atoms with Crippen LogP contribution in [0.25, 0.3) is 0 Å². The van der Waals surface area contributed by atoms with Crippen LogP contribution in [0.4, 0.5) is 0 Å². The predicted octanol–water partition coefficient (Wildman–Crippen LogP) is 2.34. The summed E-state index contributed by atoms with van der Waals surface area (Å²) in [6, 6.07) is 4.86. The third-order valence-electron chi connectivity index (χ3n) is 2.80. The van der Waals surface area contributed by atoms with Gasteiger partial charge in [-0.15, -0.1) is 0 Å². The lowest BCUT2D eigenvalue weighted by Gasteiger charge is -2.16. The number of halogens is 1. The van der Waals surface area contributed by atoms with E-state index in [1.807, 2.05) is 26.8 Å². The van der Waals surface area contributed by atoms with Crippen LogP contribution in [0.3, 0.4) is 0 Å². The zero-order chi connectivity index (χ0) is 14.4. The molecule has 0 saturated heterocycles. The molecule has 1 rings (SSSR count). The van der Waals surface area contributed by atoms with Crippen LogP contribution in [-0.4, -0.2) is 18.6 Å². The molecular weight excluding hydrogens is 264 g/mol. The average Bonchev–Trinajstić information content (AvgIpc) is 2.36. The van der Waals surface area contributed by atoms with Crippen molar-refractivity contribution in [3.05, 3.63) is 28.8 Å². The van der Waals surface area contributed by atoms with Crippen LogP contribution in [0.2, 0.25) is 5.02 Å². The predicted molar refractivity (Wildman–Crippen MR) is 77.3 cm³/mol. The van der Waals surface area contributed by atoms with Crippen molar-refractivity contribution in [1.29, 1.82) is 0 Å². The fourth-order valence-electron chi connectivity index (χ4n) is 1.57. The summed E-state index contributed by atoms with van der Waals surface area (Å²) in [6.45, 7) is 6.66. The second-order valence-electron chi connectivity index (χ2n) is 4.67. The van der Waals surface area contributed by atoms with E-state index in [-0.39, 0.29) is 11.8 Å². The topological polar surface area (TPSA) is 64.3 Å². The summed E-state index contributed by atoms with van der Waals surface area (Å²) < 4.78 is 5.49. The molecule has 0 heterocycles. The fraction of sp³-hybridized carbons (Fsp3) is 0.500. The molecule has 0 aliphatic carbocycles. The molecule has 0 saturated carbocycles. The van der Waals surface area contributed by atoms with Gasteiger partial charge in [0.2, 0.25) is 5.91 Å². The third kappa shape index (κ3) is 4.73. The number of rotatable bonds is 6. The van der Waals surface area contributed by atoms with Crippen LogP contribution >= 0.6 is 11.6 Å². The molecule has 0 spiro atoms. The number of carbonyl (C=O) groups excluding carboxylic acids is 1. The maximum absolute atomic E-state index is 11.8. The quantitative estimate of drug-likeness (QED) is 0.843. The Balaban J connectivity index is 2.69. The van der Waals surface area contributed by atoms with Crippen molar-refractivity contribution < 1.29 is 9.53 Å². The molecule has 0 bridgehead atoms. The van der Waals surface area contributed by atoms with Crippen molar-refractivity contribution in [1.82, 2.24) is 5.32 Å². The van der Waals surface area contributed by atoms with Gasteiger partial charge in [0.15, 0.2) is 0 Å². The van der Waals surface area contributed by atoms with Crippen LogP contribution in [0.5, 0.6) is 5.75 Å². The summed E-state index contributed by atoms with van der Waals surface area (Å²) >= 11 is 5.92. The van der Waals surface area contributed by atoms with Gasteiger partial charge in [-0.3, -0.25) is 4.79 Å². The first kappa shape index (κ1) is 15.8. The number of amides is 1. The Morgan fingerprint density at radius 2 is 2.16 bits per heavy atom. The van der Waals surface area contributed by atoms with Crippen molar-refractivity contribution in [3.63, 3.8) is 0 Å². The first-order valence-corrected chi connectivity index (χ1v) is 6.78. The smallest absolute Gasteiger partial charge is 0.237 e. The Hall–Kier alpha value is -1.26. The van der Waals surface area contributed by atoms with Crippen molar-refractivity contribution >= 4 is 17.5 Å². The molecule has 0 radical (unpaired) electrons. The molecule has 1 amide bonds. The maximum Gasteiger partial charge on any atom is 0.237 e. The molecule has 0 aromatic heterocycles. The molecule has 0 aliphatic rings. The van der Waals surface area contributed by atoms with Gasteiger partial charge in [-0.1, -0.05) is 31.5 Å². The highest BCUT2D eigenvalue weighted by Crippen LogP contribution is 2.23. The van der Waals surface area contributed by atoms with E-state index < -0.39 is 6.04 Å². The summed E-state index contributed by atoms with van der Waals surface area (Å²) in [4.78, 5) is 11.8. The Morgan fingerprint density at radius 1 is 1.47 bits per heavy atom. The second-order valence-corrected chi connectivity index (χ2v) is 5.11. The standard InChI is InChI=1S/C14H21ClN2O2/c1-4-19-12-7-11(15)6-5-10(12)8-17-14(18)13(16)9(2)3/h5-7,9,13H,4,8,16H2,1-3H3,(H,17,18)/t13-/m0/s1. The van der Waals surface area contributed by atoms with Crippen LogP contribution < -0.4 is 15.8 Å². The van der Waals surface area contributed by atoms with Crippen LogP contribution in [0, 0.1) is 5.92 Å². The van der Waals surface area contributed by atoms with Crippen molar-refractivity contribution in [3.8, 4) is 5.75 Å². The van der Waals surface area contributed by atoms with Crippen LogP contribution in [0.15, 0.2) is 18.2 Å². The highest BCUT2D eigenvalue weighted by atomic mass is 35.5. The molecule has 1 atom stereocenters. The number of nitrogens with two attached hydrogens (primary N) is 1. The van der Waals surface area contributed by atoms with Gasteiger partial charge in [-0.2, -0.15) is 0 Å². The Morgan fingerprint density at radius 3 is 2.74 bits per heavy atom. The summed E-state index contributed by atoms with van der Waals surface area (Å²) in [7, 11) is 0. The van der Waals surface area contributed by atoms with E-state index in [0.29, 0.717) is 23.9 Å².